The molecule has 1 aromatic rings. The van der Waals surface area contributed by atoms with E-state index in [1.807, 2.05) is 6.92 Å². The maximum absolute atomic E-state index is 11.7. The van der Waals surface area contributed by atoms with Crippen LogP contribution in [-0.4, -0.2) is 30.1 Å². The predicted octanol–water partition coefficient (Wildman–Crippen LogP) is 0.534. The Bertz CT molecular complexity index is 415. The first-order chi connectivity index (χ1) is 8.54. The van der Waals surface area contributed by atoms with Gasteiger partial charge in [-0.25, -0.2) is 0 Å². The zero-order valence-electron chi connectivity index (χ0n) is 10.3. The van der Waals surface area contributed by atoms with Crippen molar-refractivity contribution in [2.45, 2.75) is 13.3 Å². The Morgan fingerprint density at radius 1 is 1.28 bits per heavy atom. The molecular formula is C13H18N2O3. The maximum Gasteiger partial charge on any atom is 0.251 e. The van der Waals surface area contributed by atoms with Crippen LogP contribution >= 0.6 is 0 Å². The van der Waals surface area contributed by atoms with Crippen molar-refractivity contribution >= 4 is 11.8 Å². The van der Waals surface area contributed by atoms with Gasteiger partial charge >= 0.3 is 0 Å². The monoisotopic (exact) mass is 250 g/mol. The van der Waals surface area contributed by atoms with E-state index in [1.54, 1.807) is 12.1 Å². The van der Waals surface area contributed by atoms with Crippen molar-refractivity contribution in [1.29, 1.82) is 0 Å². The fourth-order valence-corrected chi connectivity index (χ4v) is 1.48. The second-order valence-electron chi connectivity index (χ2n) is 4.27. The van der Waals surface area contributed by atoms with Crippen LogP contribution in [0.2, 0.25) is 0 Å². The van der Waals surface area contributed by atoms with Gasteiger partial charge < -0.3 is 16.2 Å². The Labute approximate surface area is 106 Å². The molecule has 0 aliphatic heterocycles. The first-order valence-electron chi connectivity index (χ1n) is 5.83. The van der Waals surface area contributed by atoms with Crippen molar-refractivity contribution < 1.29 is 14.7 Å². The molecule has 4 N–H and O–H groups in total. The molecule has 1 aromatic carbocycles. The number of rotatable bonds is 6. The predicted molar refractivity (Wildman–Crippen MR) is 68.2 cm³/mol. The minimum atomic E-state index is -0.515. The molecule has 5 heteroatoms. The molecule has 0 saturated heterocycles. The number of aliphatic hydroxyl groups is 1. The first kappa shape index (κ1) is 14.2. The highest BCUT2D eigenvalue weighted by atomic mass is 16.3. The quantitative estimate of drug-likeness (QED) is 0.687. The summed E-state index contributed by atoms with van der Waals surface area (Å²) in [6, 6.07) is 6.17. The number of carbonyl (C=O) groups is 2. The number of nitrogens with one attached hydrogen (secondary N) is 1. The van der Waals surface area contributed by atoms with Crippen molar-refractivity contribution in [3.05, 3.63) is 35.4 Å². The summed E-state index contributed by atoms with van der Waals surface area (Å²) in [7, 11) is 0. The number of hydrogen-bond acceptors (Lipinski definition) is 3. The Kier molecular flexibility index (Phi) is 5.32. The van der Waals surface area contributed by atoms with E-state index >= 15 is 0 Å². The van der Waals surface area contributed by atoms with Gasteiger partial charge in [-0.1, -0.05) is 6.92 Å². The smallest absolute Gasteiger partial charge is 0.251 e. The maximum atomic E-state index is 11.7. The van der Waals surface area contributed by atoms with Gasteiger partial charge in [-0.15, -0.1) is 0 Å². The van der Waals surface area contributed by atoms with E-state index in [0.717, 1.165) is 0 Å². The molecule has 0 heterocycles. The van der Waals surface area contributed by atoms with Gasteiger partial charge in [0.05, 0.1) is 0 Å². The zero-order chi connectivity index (χ0) is 13.5. The molecule has 2 amide bonds. The Balaban J connectivity index is 2.54. The molecule has 0 aliphatic rings. The Hall–Kier alpha value is -1.88. The summed E-state index contributed by atoms with van der Waals surface area (Å²) in [5.41, 5.74) is 5.97. The molecule has 0 aromatic heterocycles. The van der Waals surface area contributed by atoms with E-state index in [-0.39, 0.29) is 18.4 Å². The first-order valence-corrected chi connectivity index (χ1v) is 5.83. The summed E-state index contributed by atoms with van der Waals surface area (Å²) in [5, 5.41) is 11.5. The summed E-state index contributed by atoms with van der Waals surface area (Å²) < 4.78 is 0. The molecule has 0 bridgehead atoms. The minimum Gasteiger partial charge on any atom is -0.396 e. The minimum absolute atomic E-state index is 0.115. The average molecular weight is 250 g/mol. The van der Waals surface area contributed by atoms with Gasteiger partial charge in [0.25, 0.3) is 5.91 Å². The van der Waals surface area contributed by atoms with Gasteiger partial charge in [0.15, 0.2) is 0 Å². The standard InChI is InChI=1S/C13H18N2O3/c1-9(6-7-16)8-15-13(18)11-4-2-10(3-5-11)12(14)17/h2-5,9,16H,6-8H2,1H3,(H2,14,17)(H,15,18). The summed E-state index contributed by atoms with van der Waals surface area (Å²) in [4.78, 5) is 22.6. The lowest BCUT2D eigenvalue weighted by Gasteiger charge is -2.11. The largest absolute Gasteiger partial charge is 0.396 e. The lowest BCUT2D eigenvalue weighted by Crippen LogP contribution is -2.28. The van der Waals surface area contributed by atoms with Crippen molar-refractivity contribution in [2.75, 3.05) is 13.2 Å². The van der Waals surface area contributed by atoms with E-state index in [9.17, 15) is 9.59 Å². The topological polar surface area (TPSA) is 92.4 Å². The molecule has 0 fully saturated rings. The van der Waals surface area contributed by atoms with Crippen molar-refractivity contribution in [3.8, 4) is 0 Å². The van der Waals surface area contributed by atoms with Gasteiger partial charge in [-0.3, -0.25) is 9.59 Å². The van der Waals surface area contributed by atoms with Crippen LogP contribution in [0.1, 0.15) is 34.1 Å². The van der Waals surface area contributed by atoms with Crippen LogP contribution in [0.15, 0.2) is 24.3 Å². The van der Waals surface area contributed by atoms with Gasteiger partial charge in [-0.2, -0.15) is 0 Å². The number of amides is 2. The number of primary amides is 1. The van der Waals surface area contributed by atoms with Gasteiger partial charge in [-0.05, 0) is 36.6 Å². The fourth-order valence-electron chi connectivity index (χ4n) is 1.48. The second kappa shape index (κ2) is 6.76. The molecule has 18 heavy (non-hydrogen) atoms. The molecule has 1 rings (SSSR count). The summed E-state index contributed by atoms with van der Waals surface area (Å²) >= 11 is 0. The molecule has 1 atom stereocenters. The van der Waals surface area contributed by atoms with Gasteiger partial charge in [0.1, 0.15) is 0 Å². The zero-order valence-corrected chi connectivity index (χ0v) is 10.3. The normalized spacial score (nSPS) is 11.9. The summed E-state index contributed by atoms with van der Waals surface area (Å²) in [6.07, 6.45) is 0.654. The third-order valence-electron chi connectivity index (χ3n) is 2.66. The highest BCUT2D eigenvalue weighted by Crippen LogP contribution is 2.05. The van der Waals surface area contributed by atoms with Crippen LogP contribution in [0.4, 0.5) is 0 Å². The lowest BCUT2D eigenvalue weighted by atomic mass is 10.1. The van der Waals surface area contributed by atoms with Crippen LogP contribution < -0.4 is 11.1 Å². The molecular weight excluding hydrogens is 232 g/mol. The molecule has 98 valence electrons. The molecule has 0 radical (unpaired) electrons. The Morgan fingerprint density at radius 3 is 2.33 bits per heavy atom. The van der Waals surface area contributed by atoms with Crippen LogP contribution in [0.3, 0.4) is 0 Å². The number of benzene rings is 1. The highest BCUT2D eigenvalue weighted by Gasteiger charge is 2.08. The van der Waals surface area contributed by atoms with E-state index < -0.39 is 5.91 Å². The third-order valence-corrected chi connectivity index (χ3v) is 2.66. The van der Waals surface area contributed by atoms with Crippen molar-refractivity contribution in [3.63, 3.8) is 0 Å². The van der Waals surface area contributed by atoms with E-state index in [1.165, 1.54) is 12.1 Å². The molecule has 5 nitrogen and oxygen atoms in total. The summed E-state index contributed by atoms with van der Waals surface area (Å²) in [5.74, 6) is -0.488. The summed E-state index contributed by atoms with van der Waals surface area (Å²) in [6.45, 7) is 2.58. The number of nitrogens with two attached hydrogens (primary N) is 1. The van der Waals surface area contributed by atoms with E-state index in [4.69, 9.17) is 10.8 Å². The van der Waals surface area contributed by atoms with Crippen molar-refractivity contribution in [2.24, 2.45) is 11.7 Å². The fraction of sp³-hybridized carbons (Fsp3) is 0.385. The Morgan fingerprint density at radius 2 is 1.83 bits per heavy atom. The molecule has 1 unspecified atom stereocenters. The van der Waals surface area contributed by atoms with Gasteiger partial charge in [0.2, 0.25) is 5.91 Å². The number of carbonyl (C=O) groups excluding carboxylic acids is 2. The van der Waals surface area contributed by atoms with Crippen molar-refractivity contribution in [1.82, 2.24) is 5.32 Å². The van der Waals surface area contributed by atoms with Crippen LogP contribution in [0.25, 0.3) is 0 Å². The molecule has 0 aliphatic carbocycles. The lowest BCUT2D eigenvalue weighted by molar-refractivity contribution is 0.0943. The van der Waals surface area contributed by atoms with Crippen LogP contribution in [0, 0.1) is 5.92 Å². The van der Waals surface area contributed by atoms with Crippen LogP contribution in [-0.2, 0) is 0 Å². The average Bonchev–Trinajstić information content (AvgIpc) is 2.36. The van der Waals surface area contributed by atoms with E-state index in [2.05, 4.69) is 5.32 Å². The third kappa shape index (κ3) is 4.18. The molecule has 0 spiro atoms. The molecule has 0 saturated carbocycles. The van der Waals surface area contributed by atoms with Crippen LogP contribution in [0.5, 0.6) is 0 Å². The second-order valence-corrected chi connectivity index (χ2v) is 4.27. The number of hydrogen-bond donors (Lipinski definition) is 3. The van der Waals surface area contributed by atoms with Gasteiger partial charge in [0, 0.05) is 24.3 Å². The number of aliphatic hydroxyl groups excluding tert-OH is 1. The van der Waals surface area contributed by atoms with E-state index in [0.29, 0.717) is 24.1 Å². The SMILES string of the molecule is CC(CCO)CNC(=O)c1ccc(C(N)=O)cc1. The highest BCUT2D eigenvalue weighted by molar-refractivity contribution is 5.97.